The Bertz CT molecular complexity index is 837. The van der Waals surface area contributed by atoms with Gasteiger partial charge in [-0.2, -0.15) is 0 Å². The minimum absolute atomic E-state index is 0.0373. The molecule has 2 aliphatic rings. The van der Waals surface area contributed by atoms with Gasteiger partial charge >= 0.3 is 0 Å². The topological polar surface area (TPSA) is 91.7 Å². The Morgan fingerprint density at radius 1 is 0.821 bits per heavy atom. The smallest absolute Gasteiger partial charge is 0.163 e. The zero-order valence-electron chi connectivity index (χ0n) is 16.9. The Hall–Kier alpha value is -2.43. The molecule has 28 heavy (non-hydrogen) atoms. The highest BCUT2D eigenvalue weighted by Crippen LogP contribution is 2.47. The van der Waals surface area contributed by atoms with Crippen molar-refractivity contribution in [3.8, 4) is 5.75 Å². The number of carbonyl (C=O) groups excluding carboxylic acids is 3. The third kappa shape index (κ3) is 3.89. The molecule has 0 spiro atoms. The second-order valence-electron chi connectivity index (χ2n) is 9.80. The number of carbonyl (C=O) groups is 3. The predicted molar refractivity (Wildman–Crippen MR) is 105 cm³/mol. The number of benzene rings is 1. The van der Waals surface area contributed by atoms with E-state index in [1.54, 1.807) is 12.1 Å². The van der Waals surface area contributed by atoms with Crippen LogP contribution < -0.4 is 0 Å². The van der Waals surface area contributed by atoms with Gasteiger partial charge in [0, 0.05) is 37.2 Å². The van der Waals surface area contributed by atoms with E-state index < -0.39 is 17.3 Å². The zero-order valence-corrected chi connectivity index (χ0v) is 16.9. The highest BCUT2D eigenvalue weighted by atomic mass is 16.3. The fraction of sp³-hybridized carbons (Fsp3) is 0.522. The van der Waals surface area contributed by atoms with Crippen LogP contribution in [0.1, 0.15) is 64.9 Å². The van der Waals surface area contributed by atoms with Gasteiger partial charge in [0.2, 0.25) is 0 Å². The lowest BCUT2D eigenvalue weighted by molar-refractivity contribution is -0.140. The van der Waals surface area contributed by atoms with E-state index in [4.69, 9.17) is 0 Å². The fourth-order valence-electron chi connectivity index (χ4n) is 4.64. The molecule has 5 nitrogen and oxygen atoms in total. The summed E-state index contributed by atoms with van der Waals surface area (Å²) in [5, 5.41) is 20.4. The Balaban J connectivity index is 2.14. The van der Waals surface area contributed by atoms with Crippen molar-refractivity contribution in [2.75, 3.05) is 0 Å². The van der Waals surface area contributed by atoms with Crippen LogP contribution in [-0.2, 0) is 14.4 Å². The number of ketones is 3. The summed E-state index contributed by atoms with van der Waals surface area (Å²) in [6.45, 7) is 7.60. The van der Waals surface area contributed by atoms with Crippen molar-refractivity contribution in [3.05, 3.63) is 41.2 Å². The SMILES string of the molecule is CC1(C)CC(=O)C([C@H](C2=C(O)CC(C)(C)CC2=O)c2ccc(O)cc2)C(=O)C1. The van der Waals surface area contributed by atoms with E-state index in [1.165, 1.54) is 12.1 Å². The molecule has 0 aromatic heterocycles. The number of aromatic hydroxyl groups is 1. The van der Waals surface area contributed by atoms with Crippen molar-refractivity contribution in [2.45, 2.75) is 59.3 Å². The zero-order chi connectivity index (χ0) is 20.9. The summed E-state index contributed by atoms with van der Waals surface area (Å²) in [5.74, 6) is -2.41. The van der Waals surface area contributed by atoms with E-state index in [0.717, 1.165) is 0 Å². The molecule has 2 N–H and O–H groups in total. The molecule has 150 valence electrons. The van der Waals surface area contributed by atoms with Crippen LogP contribution in [0.2, 0.25) is 0 Å². The molecule has 3 rings (SSSR count). The lowest BCUT2D eigenvalue weighted by Crippen LogP contribution is -2.43. The Kier molecular flexibility index (Phi) is 4.98. The molecule has 5 heteroatoms. The van der Waals surface area contributed by atoms with Gasteiger partial charge in [-0.15, -0.1) is 0 Å². The van der Waals surface area contributed by atoms with Crippen molar-refractivity contribution >= 4 is 17.3 Å². The van der Waals surface area contributed by atoms with E-state index in [1.807, 2.05) is 27.7 Å². The highest BCUT2D eigenvalue weighted by Gasteiger charge is 2.48. The molecule has 1 saturated carbocycles. The Labute approximate surface area is 165 Å². The van der Waals surface area contributed by atoms with Gasteiger partial charge in [-0.25, -0.2) is 0 Å². The Morgan fingerprint density at radius 2 is 1.32 bits per heavy atom. The van der Waals surface area contributed by atoms with Crippen LogP contribution >= 0.6 is 0 Å². The van der Waals surface area contributed by atoms with Crippen molar-refractivity contribution < 1.29 is 24.6 Å². The molecule has 0 heterocycles. The maximum Gasteiger partial charge on any atom is 0.163 e. The van der Waals surface area contributed by atoms with Crippen molar-refractivity contribution in [1.82, 2.24) is 0 Å². The van der Waals surface area contributed by atoms with Crippen LogP contribution in [-0.4, -0.2) is 27.6 Å². The van der Waals surface area contributed by atoms with Gasteiger partial charge in [0.1, 0.15) is 23.1 Å². The van der Waals surface area contributed by atoms with Crippen molar-refractivity contribution in [3.63, 3.8) is 0 Å². The van der Waals surface area contributed by atoms with E-state index in [0.29, 0.717) is 12.0 Å². The van der Waals surface area contributed by atoms with Crippen molar-refractivity contribution in [1.29, 1.82) is 0 Å². The summed E-state index contributed by atoms with van der Waals surface area (Å²) in [5.41, 5.74) is -0.0124. The monoisotopic (exact) mass is 384 g/mol. The molecule has 0 radical (unpaired) electrons. The molecule has 0 bridgehead atoms. The Morgan fingerprint density at radius 3 is 1.82 bits per heavy atom. The molecule has 1 fully saturated rings. The molecule has 1 aromatic rings. The number of Topliss-reactive ketones (excluding diaryl/α,β-unsaturated/α-hetero) is 3. The lowest BCUT2D eigenvalue weighted by Gasteiger charge is -2.39. The van der Waals surface area contributed by atoms with Crippen LogP contribution in [0.15, 0.2) is 35.6 Å². The summed E-state index contributed by atoms with van der Waals surface area (Å²) in [6.07, 6.45) is 1.09. The first-order valence-corrected chi connectivity index (χ1v) is 9.70. The second-order valence-corrected chi connectivity index (χ2v) is 9.80. The molecule has 0 aliphatic heterocycles. The normalized spacial score (nSPS) is 23.8. The van der Waals surface area contributed by atoms with Gasteiger partial charge in [-0.1, -0.05) is 39.8 Å². The maximum atomic E-state index is 13.0. The quantitative estimate of drug-likeness (QED) is 0.760. The standard InChI is InChI=1S/C23H28O5/c1-22(2)9-15(25)20(16(26)10-22)19(13-5-7-14(24)8-6-13)21-17(27)11-23(3,4)12-18(21)28/h5-8,19-20,24,27H,9-12H2,1-4H3/t19-/m1/s1. The van der Waals surface area contributed by atoms with E-state index in [2.05, 4.69) is 0 Å². The first-order chi connectivity index (χ1) is 12.9. The number of hydrogen-bond donors (Lipinski definition) is 2. The predicted octanol–water partition coefficient (Wildman–Crippen LogP) is 4.25. The van der Waals surface area contributed by atoms with Gasteiger partial charge in [0.05, 0.1) is 5.92 Å². The minimum atomic E-state index is -0.986. The molecule has 2 aliphatic carbocycles. The van der Waals surface area contributed by atoms with Crippen LogP contribution in [0, 0.1) is 16.7 Å². The summed E-state index contributed by atoms with van der Waals surface area (Å²) in [4.78, 5) is 39.0. The van der Waals surface area contributed by atoms with Crippen LogP contribution in [0.25, 0.3) is 0 Å². The average molecular weight is 384 g/mol. The summed E-state index contributed by atoms with van der Waals surface area (Å²) in [7, 11) is 0. The van der Waals surface area contributed by atoms with Gasteiger partial charge in [-0.05, 0) is 28.5 Å². The minimum Gasteiger partial charge on any atom is -0.512 e. The number of aliphatic hydroxyl groups is 1. The van der Waals surface area contributed by atoms with E-state index in [-0.39, 0.29) is 59.1 Å². The van der Waals surface area contributed by atoms with Gasteiger partial charge in [0.25, 0.3) is 0 Å². The lowest BCUT2D eigenvalue weighted by atomic mass is 9.62. The third-order valence-electron chi connectivity index (χ3n) is 5.79. The molecule has 0 unspecified atom stereocenters. The number of phenolic OH excluding ortho intramolecular Hbond substituents is 1. The first kappa shape index (κ1) is 20.3. The molecular formula is C23H28O5. The molecule has 0 saturated heterocycles. The van der Waals surface area contributed by atoms with E-state index in [9.17, 15) is 24.6 Å². The number of rotatable bonds is 3. The van der Waals surface area contributed by atoms with E-state index >= 15 is 0 Å². The summed E-state index contributed by atoms with van der Waals surface area (Å²) < 4.78 is 0. The third-order valence-corrected chi connectivity index (χ3v) is 5.79. The summed E-state index contributed by atoms with van der Waals surface area (Å²) in [6, 6.07) is 6.18. The highest BCUT2D eigenvalue weighted by molar-refractivity contribution is 6.09. The fourth-order valence-corrected chi connectivity index (χ4v) is 4.64. The van der Waals surface area contributed by atoms with Gasteiger partial charge in [-0.3, -0.25) is 14.4 Å². The number of phenols is 1. The van der Waals surface area contributed by atoms with Gasteiger partial charge in [0.15, 0.2) is 5.78 Å². The molecule has 1 aromatic carbocycles. The van der Waals surface area contributed by atoms with Crippen LogP contribution in [0.3, 0.4) is 0 Å². The van der Waals surface area contributed by atoms with Crippen LogP contribution in [0.5, 0.6) is 5.75 Å². The molecule has 1 atom stereocenters. The van der Waals surface area contributed by atoms with Crippen molar-refractivity contribution in [2.24, 2.45) is 16.7 Å². The van der Waals surface area contributed by atoms with Crippen LogP contribution in [0.4, 0.5) is 0 Å². The number of allylic oxidation sites excluding steroid dienone is 2. The van der Waals surface area contributed by atoms with Gasteiger partial charge < -0.3 is 10.2 Å². The molecule has 0 amide bonds. The number of hydrogen-bond acceptors (Lipinski definition) is 5. The number of aliphatic hydroxyl groups excluding tert-OH is 1. The summed E-state index contributed by atoms with van der Waals surface area (Å²) >= 11 is 0. The second kappa shape index (κ2) is 6.87. The first-order valence-electron chi connectivity index (χ1n) is 9.70. The largest absolute Gasteiger partial charge is 0.512 e. The maximum absolute atomic E-state index is 13.0. The average Bonchev–Trinajstić information content (AvgIpc) is 2.50. The molecular weight excluding hydrogens is 356 g/mol.